The minimum Gasteiger partial charge on any atom is -0.347 e. The fourth-order valence-corrected chi connectivity index (χ4v) is 3.04. The van der Waals surface area contributed by atoms with Crippen LogP contribution in [0.1, 0.15) is 41.9 Å². The Morgan fingerprint density at radius 3 is 2.62 bits per heavy atom. The highest BCUT2D eigenvalue weighted by Crippen LogP contribution is 2.35. The maximum absolute atomic E-state index is 11.2. The van der Waals surface area contributed by atoms with Gasteiger partial charge in [-0.15, -0.1) is 11.3 Å². The third kappa shape index (κ3) is 6.94. The molecule has 24 heavy (non-hydrogen) atoms. The Labute approximate surface area is 150 Å². The van der Waals surface area contributed by atoms with Crippen LogP contribution in [0.25, 0.3) is 5.57 Å². The standard InChI is InChI=1S/C17H17NOS.C2H6.CH5N/c1-3-4-8-13(2)18-17-15(12-19)11-16(20-17)14-9-6-5-7-10-14;2*1-2/h3-6,8-9,11-12,18H,1-2,7,10H2;1-2H3;2H2,1H3/b8-4-;;. The first-order valence-corrected chi connectivity index (χ1v) is 8.84. The summed E-state index contributed by atoms with van der Waals surface area (Å²) in [7, 11) is 1.50. The lowest BCUT2D eigenvalue weighted by Gasteiger charge is -2.06. The molecular weight excluding hydrogens is 316 g/mol. The fraction of sp³-hybridized carbons (Fsp3) is 0.250. The van der Waals surface area contributed by atoms with E-state index in [0.29, 0.717) is 5.56 Å². The third-order valence-corrected chi connectivity index (χ3v) is 4.07. The predicted molar refractivity (Wildman–Crippen MR) is 110 cm³/mol. The molecule has 0 saturated heterocycles. The van der Waals surface area contributed by atoms with Crippen molar-refractivity contribution >= 4 is 28.2 Å². The molecule has 1 aliphatic rings. The third-order valence-electron chi connectivity index (χ3n) is 2.93. The van der Waals surface area contributed by atoms with Crippen LogP contribution >= 0.6 is 11.3 Å². The summed E-state index contributed by atoms with van der Waals surface area (Å²) in [6.07, 6.45) is 14.6. The van der Waals surface area contributed by atoms with E-state index in [1.807, 2.05) is 26.0 Å². The summed E-state index contributed by atoms with van der Waals surface area (Å²) in [6, 6.07) is 1.94. The van der Waals surface area contributed by atoms with Gasteiger partial charge in [0.2, 0.25) is 0 Å². The van der Waals surface area contributed by atoms with Crippen molar-refractivity contribution in [3.63, 3.8) is 0 Å². The largest absolute Gasteiger partial charge is 0.347 e. The zero-order valence-electron chi connectivity index (χ0n) is 14.8. The molecule has 0 aromatic carbocycles. The van der Waals surface area contributed by atoms with Crippen molar-refractivity contribution in [3.8, 4) is 0 Å². The van der Waals surface area contributed by atoms with Gasteiger partial charge < -0.3 is 11.1 Å². The number of anilines is 1. The van der Waals surface area contributed by atoms with Crippen LogP contribution in [0, 0.1) is 0 Å². The van der Waals surface area contributed by atoms with Gasteiger partial charge in [-0.2, -0.15) is 0 Å². The Balaban J connectivity index is 0.00000123. The summed E-state index contributed by atoms with van der Waals surface area (Å²) in [5.41, 5.74) is 7.19. The SMILES string of the molecule is C=C/C=C\C(=C)Nc1sc(C2=CC=CCC2)cc1C=O.CC.CN. The van der Waals surface area contributed by atoms with Gasteiger partial charge in [-0.1, -0.05) is 57.4 Å². The number of nitrogens with one attached hydrogen (secondary N) is 1. The molecule has 0 unspecified atom stereocenters. The van der Waals surface area contributed by atoms with Gasteiger partial charge in [-0.25, -0.2) is 0 Å². The van der Waals surface area contributed by atoms with E-state index in [1.54, 1.807) is 23.5 Å². The van der Waals surface area contributed by atoms with Gasteiger partial charge in [0, 0.05) is 16.1 Å². The number of hydrogen-bond donors (Lipinski definition) is 2. The molecular formula is C20H28N2OS. The zero-order valence-corrected chi connectivity index (χ0v) is 15.7. The van der Waals surface area contributed by atoms with Crippen molar-refractivity contribution < 1.29 is 4.79 Å². The van der Waals surface area contributed by atoms with Crippen molar-refractivity contribution in [3.05, 3.63) is 71.8 Å². The van der Waals surface area contributed by atoms with Gasteiger partial charge in [0.05, 0.1) is 0 Å². The van der Waals surface area contributed by atoms with Crippen LogP contribution in [0.2, 0.25) is 0 Å². The maximum atomic E-state index is 11.2. The highest BCUT2D eigenvalue weighted by atomic mass is 32.1. The van der Waals surface area contributed by atoms with E-state index in [4.69, 9.17) is 0 Å². The first-order valence-electron chi connectivity index (χ1n) is 8.02. The number of aldehydes is 1. The molecule has 2 rings (SSSR count). The summed E-state index contributed by atoms with van der Waals surface area (Å²) >= 11 is 1.59. The molecule has 4 heteroatoms. The summed E-state index contributed by atoms with van der Waals surface area (Å²) in [5.74, 6) is 0. The molecule has 0 amide bonds. The molecule has 1 aliphatic carbocycles. The van der Waals surface area contributed by atoms with Crippen molar-refractivity contribution in [1.29, 1.82) is 0 Å². The molecule has 0 bridgehead atoms. The number of allylic oxidation sites excluding steroid dienone is 7. The van der Waals surface area contributed by atoms with Crippen LogP contribution in [0.4, 0.5) is 5.00 Å². The van der Waals surface area contributed by atoms with Crippen molar-refractivity contribution in [1.82, 2.24) is 0 Å². The number of nitrogens with two attached hydrogens (primary N) is 1. The molecule has 1 aromatic rings. The smallest absolute Gasteiger partial charge is 0.153 e. The first-order chi connectivity index (χ1) is 11.7. The van der Waals surface area contributed by atoms with Gasteiger partial charge in [0.1, 0.15) is 5.00 Å². The predicted octanol–water partition coefficient (Wildman–Crippen LogP) is 5.56. The summed E-state index contributed by atoms with van der Waals surface area (Å²) < 4.78 is 0. The molecule has 130 valence electrons. The molecule has 0 fully saturated rings. The van der Waals surface area contributed by atoms with Crippen LogP contribution in [-0.2, 0) is 0 Å². The lowest BCUT2D eigenvalue weighted by atomic mass is 10.0. The second-order valence-electron chi connectivity index (χ2n) is 4.42. The van der Waals surface area contributed by atoms with Crippen LogP contribution in [0.5, 0.6) is 0 Å². The van der Waals surface area contributed by atoms with Crippen molar-refractivity contribution in [2.45, 2.75) is 26.7 Å². The van der Waals surface area contributed by atoms with Gasteiger partial charge in [0.25, 0.3) is 0 Å². The van der Waals surface area contributed by atoms with Gasteiger partial charge in [-0.3, -0.25) is 4.79 Å². The molecule has 0 saturated carbocycles. The molecule has 1 aromatic heterocycles. The van der Waals surface area contributed by atoms with Crippen LogP contribution in [0.3, 0.4) is 0 Å². The fourth-order valence-electron chi connectivity index (χ4n) is 1.93. The van der Waals surface area contributed by atoms with Gasteiger partial charge >= 0.3 is 0 Å². The summed E-state index contributed by atoms with van der Waals surface area (Å²) in [5, 5.41) is 4.01. The van der Waals surface area contributed by atoms with E-state index < -0.39 is 0 Å². The Morgan fingerprint density at radius 2 is 2.08 bits per heavy atom. The normalized spacial score (nSPS) is 12.2. The topological polar surface area (TPSA) is 55.1 Å². The van der Waals surface area contributed by atoms with E-state index >= 15 is 0 Å². The molecule has 0 aliphatic heterocycles. The van der Waals surface area contributed by atoms with Crippen molar-refractivity contribution in [2.75, 3.05) is 12.4 Å². The lowest BCUT2D eigenvalue weighted by Crippen LogP contribution is -1.94. The highest BCUT2D eigenvalue weighted by molar-refractivity contribution is 7.17. The van der Waals surface area contributed by atoms with Crippen LogP contribution in [0.15, 0.2) is 61.4 Å². The van der Waals surface area contributed by atoms with E-state index in [9.17, 15) is 4.79 Å². The minimum atomic E-state index is 0.675. The Hall–Kier alpha value is -2.17. The summed E-state index contributed by atoms with van der Waals surface area (Å²) in [6.45, 7) is 11.5. The van der Waals surface area contributed by atoms with Crippen molar-refractivity contribution in [2.24, 2.45) is 5.73 Å². The van der Waals surface area contributed by atoms with Crippen LogP contribution < -0.4 is 11.1 Å². The van der Waals surface area contributed by atoms with E-state index in [1.165, 1.54) is 12.6 Å². The molecule has 3 N–H and O–H groups in total. The van der Waals surface area contributed by atoms with E-state index in [2.05, 4.69) is 42.4 Å². The van der Waals surface area contributed by atoms with Gasteiger partial charge in [0.15, 0.2) is 6.29 Å². The monoisotopic (exact) mass is 344 g/mol. The Kier molecular flexibility index (Phi) is 12.1. The number of hydrogen-bond acceptors (Lipinski definition) is 4. The second kappa shape index (κ2) is 13.3. The summed E-state index contributed by atoms with van der Waals surface area (Å²) in [4.78, 5) is 12.3. The average Bonchev–Trinajstić information content (AvgIpc) is 3.07. The van der Waals surface area contributed by atoms with E-state index in [0.717, 1.165) is 34.7 Å². The van der Waals surface area contributed by atoms with Gasteiger partial charge in [-0.05, 0) is 37.6 Å². The average molecular weight is 345 g/mol. The number of carbonyl (C=O) groups excluding carboxylic acids is 1. The highest BCUT2D eigenvalue weighted by Gasteiger charge is 2.12. The number of thiophene rings is 1. The molecule has 0 spiro atoms. The zero-order chi connectivity index (χ0) is 18.4. The number of rotatable bonds is 6. The van der Waals surface area contributed by atoms with Crippen LogP contribution in [-0.4, -0.2) is 13.3 Å². The quantitative estimate of drug-likeness (QED) is 0.524. The number of carbonyl (C=O) groups is 1. The molecule has 1 heterocycles. The molecule has 3 nitrogen and oxygen atoms in total. The molecule has 0 atom stereocenters. The minimum absolute atomic E-state index is 0.675. The first kappa shape index (κ1) is 21.8. The molecule has 0 radical (unpaired) electrons. The second-order valence-corrected chi connectivity index (χ2v) is 5.47. The Bertz CT molecular complexity index is 622. The lowest BCUT2D eigenvalue weighted by molar-refractivity contribution is 0.112. The van der Waals surface area contributed by atoms with E-state index in [-0.39, 0.29) is 0 Å². The maximum Gasteiger partial charge on any atom is 0.153 e. The Morgan fingerprint density at radius 1 is 1.38 bits per heavy atom.